The van der Waals surface area contributed by atoms with Crippen molar-refractivity contribution in [2.45, 2.75) is 13.5 Å². The van der Waals surface area contributed by atoms with Gasteiger partial charge in [0.2, 0.25) is 0 Å². The first-order chi connectivity index (χ1) is 9.55. The van der Waals surface area contributed by atoms with Gasteiger partial charge in [0.1, 0.15) is 11.4 Å². The fourth-order valence-electron chi connectivity index (χ4n) is 1.86. The van der Waals surface area contributed by atoms with Gasteiger partial charge in [-0.15, -0.1) is 0 Å². The zero-order chi connectivity index (χ0) is 14.7. The lowest BCUT2D eigenvalue weighted by molar-refractivity contribution is 0.101. The molecule has 106 valence electrons. The summed E-state index contributed by atoms with van der Waals surface area (Å²) < 4.78 is 8.83. The highest BCUT2D eigenvalue weighted by atomic mass is 79.9. The molecule has 0 bridgehead atoms. The fourth-order valence-corrected chi connectivity index (χ4v) is 2.73. The predicted molar refractivity (Wildman–Crippen MR) is 86.5 cm³/mol. The average Bonchev–Trinajstić information content (AvgIpc) is 2.82. The van der Waals surface area contributed by atoms with E-state index in [9.17, 15) is 4.79 Å². The molecule has 1 N–H and O–H groups in total. The van der Waals surface area contributed by atoms with Gasteiger partial charge in [0.05, 0.1) is 11.6 Å². The third-order valence-electron chi connectivity index (χ3n) is 2.85. The molecule has 0 atom stereocenters. The van der Waals surface area contributed by atoms with Gasteiger partial charge in [0.15, 0.2) is 0 Å². The van der Waals surface area contributed by atoms with E-state index in [1.807, 2.05) is 29.8 Å². The molecule has 0 saturated carbocycles. The number of aromatic nitrogens is 1. The van der Waals surface area contributed by atoms with Gasteiger partial charge in [-0.3, -0.25) is 4.79 Å². The lowest BCUT2D eigenvalue weighted by atomic mass is 10.3. The van der Waals surface area contributed by atoms with Crippen molar-refractivity contribution in [3.05, 3.63) is 45.1 Å². The van der Waals surface area contributed by atoms with Gasteiger partial charge in [-0.1, -0.05) is 0 Å². The first-order valence-electron chi connectivity index (χ1n) is 6.05. The number of amides is 1. The average molecular weight is 402 g/mol. The Hall–Kier alpha value is -1.27. The van der Waals surface area contributed by atoms with Crippen LogP contribution in [-0.2, 0) is 6.54 Å². The Morgan fingerprint density at radius 1 is 1.35 bits per heavy atom. The zero-order valence-electron chi connectivity index (χ0n) is 11.1. The minimum atomic E-state index is -0.151. The Morgan fingerprint density at radius 3 is 2.75 bits per heavy atom. The number of rotatable bonds is 4. The van der Waals surface area contributed by atoms with E-state index in [0.29, 0.717) is 17.1 Å². The lowest BCUT2D eigenvalue weighted by Crippen LogP contribution is -2.16. The molecule has 0 radical (unpaired) electrons. The van der Waals surface area contributed by atoms with Crippen molar-refractivity contribution >= 4 is 43.5 Å². The zero-order valence-corrected chi connectivity index (χ0v) is 14.3. The van der Waals surface area contributed by atoms with Crippen LogP contribution in [0.1, 0.15) is 17.4 Å². The van der Waals surface area contributed by atoms with Gasteiger partial charge in [-0.25, -0.2) is 0 Å². The van der Waals surface area contributed by atoms with Crippen LogP contribution >= 0.6 is 31.9 Å². The summed E-state index contributed by atoms with van der Waals surface area (Å²) >= 11 is 6.76. The molecule has 0 aliphatic carbocycles. The molecule has 0 saturated heterocycles. The fraction of sp³-hybridized carbons (Fsp3) is 0.214. The molecule has 4 nitrogen and oxygen atoms in total. The molecule has 2 rings (SSSR count). The number of benzene rings is 1. The number of carbonyl (C=O) groups is 1. The number of halogens is 2. The van der Waals surface area contributed by atoms with Crippen LogP contribution in [0.4, 0.5) is 5.69 Å². The van der Waals surface area contributed by atoms with Crippen molar-refractivity contribution in [1.29, 1.82) is 0 Å². The summed E-state index contributed by atoms with van der Waals surface area (Å²) in [4.78, 5) is 12.3. The topological polar surface area (TPSA) is 43.3 Å². The van der Waals surface area contributed by atoms with Crippen LogP contribution in [0.15, 0.2) is 39.4 Å². The Bertz CT molecular complexity index is 638. The first kappa shape index (κ1) is 15.1. The summed E-state index contributed by atoms with van der Waals surface area (Å²) in [5, 5.41) is 2.87. The molecule has 20 heavy (non-hydrogen) atoms. The summed E-state index contributed by atoms with van der Waals surface area (Å²) in [6.07, 6.45) is 1.89. The highest BCUT2D eigenvalue weighted by molar-refractivity contribution is 9.10. The molecule has 0 spiro atoms. The molecule has 0 unspecified atom stereocenters. The van der Waals surface area contributed by atoms with E-state index in [2.05, 4.69) is 37.2 Å². The molecule has 1 aromatic heterocycles. The highest BCUT2D eigenvalue weighted by Crippen LogP contribution is 2.28. The van der Waals surface area contributed by atoms with Crippen molar-refractivity contribution in [3.63, 3.8) is 0 Å². The van der Waals surface area contributed by atoms with Gasteiger partial charge in [0, 0.05) is 29.0 Å². The van der Waals surface area contributed by atoms with E-state index in [-0.39, 0.29) is 5.91 Å². The third kappa shape index (κ3) is 3.24. The van der Waals surface area contributed by atoms with Gasteiger partial charge in [0.25, 0.3) is 5.91 Å². The first-order valence-corrected chi connectivity index (χ1v) is 7.64. The quantitative estimate of drug-likeness (QED) is 0.830. The molecule has 1 aromatic carbocycles. The summed E-state index contributed by atoms with van der Waals surface area (Å²) in [7, 11) is 1.59. The standard InChI is InChI=1S/C14H14Br2N2O2/c1-3-18-8-9(15)6-12(18)14(19)17-10-4-5-11(16)13(7-10)20-2/h4-8H,3H2,1-2H3,(H,17,19). The molecule has 6 heteroatoms. The second kappa shape index (κ2) is 6.45. The predicted octanol–water partition coefficient (Wildman–Crippen LogP) is 4.29. The molecular weight excluding hydrogens is 388 g/mol. The van der Waals surface area contributed by atoms with Crippen molar-refractivity contribution in [2.24, 2.45) is 0 Å². The summed E-state index contributed by atoms with van der Waals surface area (Å²) in [5.74, 6) is 0.525. The largest absolute Gasteiger partial charge is 0.495 e. The molecule has 1 heterocycles. The molecule has 2 aromatic rings. The maximum absolute atomic E-state index is 12.3. The summed E-state index contributed by atoms with van der Waals surface area (Å²) in [5.41, 5.74) is 1.30. The molecule has 0 aliphatic heterocycles. The van der Waals surface area contributed by atoms with Crippen LogP contribution in [-0.4, -0.2) is 17.6 Å². The van der Waals surface area contributed by atoms with Crippen LogP contribution in [0.3, 0.4) is 0 Å². The van der Waals surface area contributed by atoms with Crippen LogP contribution in [0.25, 0.3) is 0 Å². The number of hydrogen-bond acceptors (Lipinski definition) is 2. The normalized spacial score (nSPS) is 10.4. The summed E-state index contributed by atoms with van der Waals surface area (Å²) in [6, 6.07) is 7.23. The Balaban J connectivity index is 2.23. The van der Waals surface area contributed by atoms with Crippen molar-refractivity contribution in [1.82, 2.24) is 4.57 Å². The number of ether oxygens (including phenoxy) is 1. The number of aryl methyl sites for hydroxylation is 1. The monoisotopic (exact) mass is 400 g/mol. The Kier molecular flexibility index (Phi) is 4.88. The van der Waals surface area contributed by atoms with Crippen molar-refractivity contribution in [2.75, 3.05) is 12.4 Å². The van der Waals surface area contributed by atoms with Crippen LogP contribution in [0.5, 0.6) is 5.75 Å². The molecule has 1 amide bonds. The van der Waals surface area contributed by atoms with E-state index >= 15 is 0 Å². The molecule has 0 aliphatic rings. The molecular formula is C14H14Br2N2O2. The second-order valence-corrected chi connectivity index (χ2v) is 5.90. The Labute approximate surface area is 134 Å². The molecule has 0 fully saturated rings. The maximum atomic E-state index is 12.3. The second-order valence-electron chi connectivity index (χ2n) is 4.13. The van der Waals surface area contributed by atoms with Gasteiger partial charge in [-0.05, 0) is 57.0 Å². The van der Waals surface area contributed by atoms with Crippen LogP contribution < -0.4 is 10.1 Å². The number of nitrogens with one attached hydrogen (secondary N) is 1. The van der Waals surface area contributed by atoms with E-state index in [1.165, 1.54) is 0 Å². The minimum Gasteiger partial charge on any atom is -0.495 e. The van der Waals surface area contributed by atoms with Crippen LogP contribution in [0, 0.1) is 0 Å². The van der Waals surface area contributed by atoms with E-state index in [0.717, 1.165) is 15.5 Å². The SMILES string of the molecule is CCn1cc(Br)cc1C(=O)Nc1ccc(Br)c(OC)c1. The van der Waals surface area contributed by atoms with Crippen LogP contribution in [0.2, 0.25) is 0 Å². The number of anilines is 1. The number of nitrogens with zero attached hydrogens (tertiary/aromatic N) is 1. The summed E-state index contributed by atoms with van der Waals surface area (Å²) in [6.45, 7) is 2.73. The van der Waals surface area contributed by atoms with Gasteiger partial charge < -0.3 is 14.6 Å². The van der Waals surface area contributed by atoms with Gasteiger partial charge in [-0.2, -0.15) is 0 Å². The Morgan fingerprint density at radius 2 is 2.10 bits per heavy atom. The van der Waals surface area contributed by atoms with Crippen molar-refractivity contribution in [3.8, 4) is 5.75 Å². The smallest absolute Gasteiger partial charge is 0.272 e. The van der Waals surface area contributed by atoms with E-state index in [1.54, 1.807) is 19.2 Å². The van der Waals surface area contributed by atoms with E-state index < -0.39 is 0 Å². The van der Waals surface area contributed by atoms with Crippen molar-refractivity contribution < 1.29 is 9.53 Å². The number of methoxy groups -OCH3 is 1. The highest BCUT2D eigenvalue weighted by Gasteiger charge is 2.13. The van der Waals surface area contributed by atoms with Gasteiger partial charge >= 0.3 is 0 Å². The van der Waals surface area contributed by atoms with E-state index in [4.69, 9.17) is 4.74 Å². The lowest BCUT2D eigenvalue weighted by Gasteiger charge is -2.10. The number of hydrogen-bond donors (Lipinski definition) is 1. The minimum absolute atomic E-state index is 0.151. The third-order valence-corrected chi connectivity index (χ3v) is 3.93. The number of carbonyl (C=O) groups excluding carboxylic acids is 1. The maximum Gasteiger partial charge on any atom is 0.272 e.